The lowest BCUT2D eigenvalue weighted by atomic mass is 9.96. The maximum atomic E-state index is 3.59. The third kappa shape index (κ3) is 3.34. The lowest BCUT2D eigenvalue weighted by Crippen LogP contribution is -1.89. The number of alkyl halides is 2. The van der Waals surface area contributed by atoms with Crippen LogP contribution < -0.4 is 0 Å². The van der Waals surface area contributed by atoms with Crippen LogP contribution in [-0.4, -0.2) is 0 Å². The molecule has 3 aromatic rings. The smallest absolute Gasteiger partial charge is 0.0289 e. The van der Waals surface area contributed by atoms with Gasteiger partial charge in [0.1, 0.15) is 0 Å². The number of halogens is 2. The van der Waals surface area contributed by atoms with Crippen LogP contribution in [0.25, 0.3) is 22.3 Å². The van der Waals surface area contributed by atoms with Crippen molar-refractivity contribution < 1.29 is 0 Å². The van der Waals surface area contributed by atoms with Gasteiger partial charge in [0.2, 0.25) is 0 Å². The molecule has 0 spiro atoms. The molecule has 0 saturated heterocycles. The Morgan fingerprint density at radius 3 is 1.86 bits per heavy atom. The van der Waals surface area contributed by atoms with Gasteiger partial charge in [-0.1, -0.05) is 105 Å². The largest absolute Gasteiger partial charge is 0.0876 e. The summed E-state index contributed by atoms with van der Waals surface area (Å²) >= 11 is 7.13. The van der Waals surface area contributed by atoms with Crippen molar-refractivity contribution in [1.82, 2.24) is 0 Å². The zero-order chi connectivity index (χ0) is 15.4. The summed E-state index contributed by atoms with van der Waals surface area (Å²) < 4.78 is 0. The summed E-state index contributed by atoms with van der Waals surface area (Å²) in [5.74, 6) is 0. The first-order valence-electron chi connectivity index (χ1n) is 7.21. The summed E-state index contributed by atoms with van der Waals surface area (Å²) in [4.78, 5) is 0. The predicted molar refractivity (Wildman–Crippen MR) is 103 cm³/mol. The first kappa shape index (κ1) is 15.5. The maximum Gasteiger partial charge on any atom is 0.0289 e. The van der Waals surface area contributed by atoms with Crippen molar-refractivity contribution in [2.45, 2.75) is 10.7 Å². The standard InChI is InChI=1S/C20H16Br2/c21-13-15-6-7-19(14-22)20(12-15)18-10-8-17(9-11-18)16-4-2-1-3-5-16/h1-12H,13-14H2. The first-order chi connectivity index (χ1) is 10.8. The molecule has 110 valence electrons. The Morgan fingerprint density at radius 1 is 0.591 bits per heavy atom. The Bertz CT molecular complexity index is 746. The zero-order valence-corrected chi connectivity index (χ0v) is 15.3. The molecule has 0 amide bonds. The van der Waals surface area contributed by atoms with Crippen molar-refractivity contribution in [1.29, 1.82) is 0 Å². The molecule has 0 heterocycles. The minimum absolute atomic E-state index is 0.866. The fourth-order valence-corrected chi connectivity index (χ4v) is 3.40. The van der Waals surface area contributed by atoms with E-state index in [4.69, 9.17) is 0 Å². The van der Waals surface area contributed by atoms with E-state index in [-0.39, 0.29) is 0 Å². The quantitative estimate of drug-likeness (QED) is 0.410. The second-order valence-electron chi connectivity index (χ2n) is 5.20. The third-order valence-electron chi connectivity index (χ3n) is 3.78. The Kier molecular flexibility index (Phi) is 5.12. The summed E-state index contributed by atoms with van der Waals surface area (Å²) in [5.41, 5.74) is 7.68. The second-order valence-corrected chi connectivity index (χ2v) is 6.32. The normalized spacial score (nSPS) is 10.6. The van der Waals surface area contributed by atoms with Gasteiger partial charge in [-0.05, 0) is 33.4 Å². The molecule has 0 aliphatic carbocycles. The van der Waals surface area contributed by atoms with Gasteiger partial charge in [-0.25, -0.2) is 0 Å². The highest BCUT2D eigenvalue weighted by Crippen LogP contribution is 2.29. The molecule has 0 nitrogen and oxygen atoms in total. The van der Waals surface area contributed by atoms with Crippen LogP contribution in [-0.2, 0) is 10.7 Å². The zero-order valence-electron chi connectivity index (χ0n) is 12.1. The van der Waals surface area contributed by atoms with Crippen molar-refractivity contribution >= 4 is 31.9 Å². The van der Waals surface area contributed by atoms with Crippen molar-refractivity contribution in [3.8, 4) is 22.3 Å². The monoisotopic (exact) mass is 414 g/mol. The molecule has 0 bridgehead atoms. The van der Waals surface area contributed by atoms with Crippen LogP contribution in [0.3, 0.4) is 0 Å². The lowest BCUT2D eigenvalue weighted by molar-refractivity contribution is 1.36. The van der Waals surface area contributed by atoms with Crippen LogP contribution in [0, 0.1) is 0 Å². The van der Waals surface area contributed by atoms with Gasteiger partial charge in [0.15, 0.2) is 0 Å². The molecule has 22 heavy (non-hydrogen) atoms. The summed E-state index contributed by atoms with van der Waals surface area (Å²) in [5, 5.41) is 1.75. The van der Waals surface area contributed by atoms with Crippen LogP contribution in [0.15, 0.2) is 72.8 Å². The highest BCUT2D eigenvalue weighted by molar-refractivity contribution is 9.08. The lowest BCUT2D eigenvalue weighted by Gasteiger charge is -2.10. The number of benzene rings is 3. The maximum absolute atomic E-state index is 3.59. The van der Waals surface area contributed by atoms with Crippen molar-refractivity contribution in [2.24, 2.45) is 0 Å². The molecular formula is C20H16Br2. The molecule has 0 radical (unpaired) electrons. The van der Waals surface area contributed by atoms with E-state index in [1.165, 1.54) is 33.4 Å². The number of rotatable bonds is 4. The molecular weight excluding hydrogens is 400 g/mol. The van der Waals surface area contributed by atoms with Gasteiger partial charge in [0.05, 0.1) is 0 Å². The molecule has 3 aromatic carbocycles. The molecule has 0 fully saturated rings. The molecule has 0 aliphatic heterocycles. The van der Waals surface area contributed by atoms with Gasteiger partial charge in [0, 0.05) is 10.7 Å². The van der Waals surface area contributed by atoms with E-state index in [2.05, 4.69) is 98.6 Å². The van der Waals surface area contributed by atoms with Crippen molar-refractivity contribution in [3.63, 3.8) is 0 Å². The Balaban J connectivity index is 1.99. The average Bonchev–Trinajstić information content (AvgIpc) is 2.62. The topological polar surface area (TPSA) is 0 Å². The fourth-order valence-electron chi connectivity index (χ4n) is 2.56. The number of hydrogen-bond donors (Lipinski definition) is 0. The van der Waals surface area contributed by atoms with Crippen molar-refractivity contribution in [3.05, 3.63) is 83.9 Å². The molecule has 0 saturated carbocycles. The van der Waals surface area contributed by atoms with Crippen LogP contribution in [0.5, 0.6) is 0 Å². The van der Waals surface area contributed by atoms with E-state index < -0.39 is 0 Å². The minimum Gasteiger partial charge on any atom is -0.0876 e. The highest BCUT2D eigenvalue weighted by Gasteiger charge is 2.06. The van der Waals surface area contributed by atoms with Crippen LogP contribution in [0.4, 0.5) is 0 Å². The van der Waals surface area contributed by atoms with E-state index in [0.29, 0.717) is 0 Å². The molecule has 3 rings (SSSR count). The van der Waals surface area contributed by atoms with E-state index in [9.17, 15) is 0 Å². The minimum atomic E-state index is 0.866. The SMILES string of the molecule is BrCc1ccc(CBr)c(-c2ccc(-c3ccccc3)cc2)c1. The third-order valence-corrected chi connectivity index (χ3v) is 5.03. The van der Waals surface area contributed by atoms with Crippen LogP contribution in [0.2, 0.25) is 0 Å². The van der Waals surface area contributed by atoms with Crippen LogP contribution >= 0.6 is 31.9 Å². The van der Waals surface area contributed by atoms with Gasteiger partial charge in [-0.3, -0.25) is 0 Å². The van der Waals surface area contributed by atoms with Crippen LogP contribution in [0.1, 0.15) is 11.1 Å². The van der Waals surface area contributed by atoms with E-state index >= 15 is 0 Å². The van der Waals surface area contributed by atoms with Gasteiger partial charge in [0.25, 0.3) is 0 Å². The second kappa shape index (κ2) is 7.26. The number of hydrogen-bond acceptors (Lipinski definition) is 0. The van der Waals surface area contributed by atoms with E-state index in [1.54, 1.807) is 0 Å². The van der Waals surface area contributed by atoms with Gasteiger partial charge in [-0.2, -0.15) is 0 Å². The molecule has 0 aromatic heterocycles. The molecule has 0 atom stereocenters. The average molecular weight is 416 g/mol. The van der Waals surface area contributed by atoms with Crippen molar-refractivity contribution in [2.75, 3.05) is 0 Å². The van der Waals surface area contributed by atoms with E-state index in [0.717, 1.165) is 10.7 Å². The van der Waals surface area contributed by atoms with Gasteiger partial charge in [-0.15, -0.1) is 0 Å². The fraction of sp³-hybridized carbons (Fsp3) is 0.100. The summed E-state index contributed by atoms with van der Waals surface area (Å²) in [6.07, 6.45) is 0. The van der Waals surface area contributed by atoms with Gasteiger partial charge < -0.3 is 0 Å². The van der Waals surface area contributed by atoms with E-state index in [1.807, 2.05) is 6.07 Å². The predicted octanol–water partition coefficient (Wildman–Crippen LogP) is 6.81. The Hall–Kier alpha value is -1.38. The first-order valence-corrected chi connectivity index (χ1v) is 9.45. The molecule has 0 N–H and O–H groups in total. The Labute approximate surface area is 148 Å². The molecule has 0 aliphatic rings. The Morgan fingerprint density at radius 2 is 1.23 bits per heavy atom. The van der Waals surface area contributed by atoms with Gasteiger partial charge >= 0.3 is 0 Å². The summed E-state index contributed by atoms with van der Waals surface area (Å²) in [7, 11) is 0. The highest BCUT2D eigenvalue weighted by atomic mass is 79.9. The summed E-state index contributed by atoms with van der Waals surface area (Å²) in [6, 6.07) is 25.9. The molecule has 0 unspecified atom stereocenters. The summed E-state index contributed by atoms with van der Waals surface area (Å²) in [6.45, 7) is 0. The molecule has 2 heteroatoms.